The van der Waals surface area contributed by atoms with Gasteiger partial charge in [-0.05, 0) is 27.7 Å². The number of nitrogens with zero attached hydrogens (tertiary/aromatic N) is 1. The highest BCUT2D eigenvalue weighted by Crippen LogP contribution is 2.11. The van der Waals surface area contributed by atoms with Crippen LogP contribution in [0.1, 0.15) is 37.9 Å². The Kier molecular flexibility index (Phi) is 6.68. The van der Waals surface area contributed by atoms with Crippen LogP contribution < -0.4 is 5.32 Å². The monoisotopic (exact) mass is 342 g/mol. The van der Waals surface area contributed by atoms with Crippen molar-refractivity contribution in [3.63, 3.8) is 0 Å². The standard InChI is InChI=1S/C15H22N2O5S/c1-9-16-10(8-23-9)6-12(18)17-11(14(20)21-5)7-13(19)22-15(2,3)4/h8,11H,6-7H2,1-5H3,(H,17,18). The maximum atomic E-state index is 12.0. The number of hydrogen-bond donors (Lipinski definition) is 1. The molecular weight excluding hydrogens is 320 g/mol. The van der Waals surface area contributed by atoms with Gasteiger partial charge in [0, 0.05) is 5.38 Å². The minimum atomic E-state index is -1.08. The van der Waals surface area contributed by atoms with Gasteiger partial charge in [0.25, 0.3) is 0 Å². The zero-order valence-corrected chi connectivity index (χ0v) is 14.8. The summed E-state index contributed by atoms with van der Waals surface area (Å²) in [4.78, 5) is 39.8. The van der Waals surface area contributed by atoms with Crippen molar-refractivity contribution < 1.29 is 23.9 Å². The number of carbonyl (C=O) groups is 3. The van der Waals surface area contributed by atoms with Crippen molar-refractivity contribution in [1.82, 2.24) is 10.3 Å². The Hall–Kier alpha value is -1.96. The van der Waals surface area contributed by atoms with Crippen LogP contribution in [0.25, 0.3) is 0 Å². The first kappa shape index (κ1) is 19.1. The van der Waals surface area contributed by atoms with Crippen LogP contribution in [0.5, 0.6) is 0 Å². The van der Waals surface area contributed by atoms with E-state index in [0.717, 1.165) is 5.01 Å². The van der Waals surface area contributed by atoms with Crippen molar-refractivity contribution in [2.75, 3.05) is 7.11 Å². The first-order valence-electron chi connectivity index (χ1n) is 7.10. The summed E-state index contributed by atoms with van der Waals surface area (Å²) >= 11 is 1.44. The first-order chi connectivity index (χ1) is 10.6. The molecule has 0 saturated carbocycles. The smallest absolute Gasteiger partial charge is 0.328 e. The van der Waals surface area contributed by atoms with E-state index in [9.17, 15) is 14.4 Å². The number of amides is 1. The van der Waals surface area contributed by atoms with Crippen molar-refractivity contribution in [3.8, 4) is 0 Å². The van der Waals surface area contributed by atoms with Gasteiger partial charge in [-0.2, -0.15) is 0 Å². The van der Waals surface area contributed by atoms with Gasteiger partial charge in [-0.15, -0.1) is 11.3 Å². The zero-order valence-electron chi connectivity index (χ0n) is 14.0. The number of aromatic nitrogens is 1. The molecule has 1 aromatic rings. The molecule has 0 saturated heterocycles. The van der Waals surface area contributed by atoms with Gasteiger partial charge in [-0.1, -0.05) is 0 Å². The Balaban J connectivity index is 2.65. The lowest BCUT2D eigenvalue weighted by molar-refractivity contribution is -0.159. The highest BCUT2D eigenvalue weighted by molar-refractivity contribution is 7.09. The fourth-order valence-corrected chi connectivity index (χ4v) is 2.40. The summed E-state index contributed by atoms with van der Waals surface area (Å²) in [5, 5.41) is 5.12. The predicted octanol–water partition coefficient (Wildman–Crippen LogP) is 1.38. The largest absolute Gasteiger partial charge is 0.467 e. The molecule has 1 heterocycles. The van der Waals surface area contributed by atoms with E-state index in [1.54, 1.807) is 26.2 Å². The molecule has 23 heavy (non-hydrogen) atoms. The second-order valence-corrected chi connectivity index (χ2v) is 7.03. The molecule has 1 amide bonds. The molecule has 0 aliphatic rings. The lowest BCUT2D eigenvalue weighted by Gasteiger charge is -2.21. The Morgan fingerprint density at radius 1 is 1.35 bits per heavy atom. The van der Waals surface area contributed by atoms with Crippen LogP contribution in [-0.4, -0.2) is 41.6 Å². The molecule has 0 aliphatic heterocycles. The van der Waals surface area contributed by atoms with Crippen molar-refractivity contribution in [2.45, 2.75) is 52.2 Å². The minimum Gasteiger partial charge on any atom is -0.467 e. The normalized spacial score (nSPS) is 12.4. The molecule has 0 spiro atoms. The summed E-state index contributed by atoms with van der Waals surface area (Å²) in [6.07, 6.45) is -0.252. The molecular formula is C15H22N2O5S. The van der Waals surface area contributed by atoms with Crippen molar-refractivity contribution in [3.05, 3.63) is 16.1 Å². The predicted molar refractivity (Wildman–Crippen MR) is 85.0 cm³/mol. The van der Waals surface area contributed by atoms with Gasteiger partial charge < -0.3 is 14.8 Å². The van der Waals surface area contributed by atoms with E-state index in [1.807, 2.05) is 6.92 Å². The highest BCUT2D eigenvalue weighted by Gasteiger charge is 2.27. The second-order valence-electron chi connectivity index (χ2n) is 5.97. The SMILES string of the molecule is COC(=O)C(CC(=O)OC(C)(C)C)NC(=O)Cc1csc(C)n1. The van der Waals surface area contributed by atoms with Crippen molar-refractivity contribution >= 4 is 29.2 Å². The van der Waals surface area contributed by atoms with Crippen LogP contribution in [0.15, 0.2) is 5.38 Å². The summed E-state index contributed by atoms with van der Waals surface area (Å²) < 4.78 is 9.78. The molecule has 8 heteroatoms. The molecule has 0 aromatic carbocycles. The average Bonchev–Trinajstić information content (AvgIpc) is 2.80. The summed E-state index contributed by atoms with van der Waals surface area (Å²) in [5.41, 5.74) is -0.0502. The van der Waals surface area contributed by atoms with Gasteiger partial charge in [-0.25, -0.2) is 9.78 Å². The van der Waals surface area contributed by atoms with Gasteiger partial charge in [0.15, 0.2) is 0 Å². The quantitative estimate of drug-likeness (QED) is 0.785. The van der Waals surface area contributed by atoms with E-state index in [1.165, 1.54) is 18.4 Å². The topological polar surface area (TPSA) is 94.6 Å². The van der Waals surface area contributed by atoms with Gasteiger partial charge >= 0.3 is 11.9 Å². The summed E-state index contributed by atoms with van der Waals surface area (Å²) in [7, 11) is 1.19. The van der Waals surface area contributed by atoms with E-state index < -0.39 is 29.5 Å². The van der Waals surface area contributed by atoms with Gasteiger partial charge in [-0.3, -0.25) is 9.59 Å². The van der Waals surface area contributed by atoms with Gasteiger partial charge in [0.2, 0.25) is 5.91 Å². The summed E-state index contributed by atoms with van der Waals surface area (Å²) in [6.45, 7) is 7.01. The van der Waals surface area contributed by atoms with E-state index >= 15 is 0 Å². The number of rotatable bonds is 6. The Labute approximate surface area is 139 Å². The lowest BCUT2D eigenvalue weighted by atomic mass is 10.1. The Bertz CT molecular complexity index is 577. The molecule has 1 atom stereocenters. The third-order valence-corrected chi connectivity index (χ3v) is 3.44. The molecule has 1 rings (SSSR count). The fraction of sp³-hybridized carbons (Fsp3) is 0.600. The van der Waals surface area contributed by atoms with E-state index in [-0.39, 0.29) is 12.8 Å². The molecule has 0 radical (unpaired) electrons. The number of esters is 2. The molecule has 7 nitrogen and oxygen atoms in total. The van der Waals surface area contributed by atoms with Crippen LogP contribution in [0.3, 0.4) is 0 Å². The van der Waals surface area contributed by atoms with Crippen LogP contribution in [0, 0.1) is 6.92 Å². The highest BCUT2D eigenvalue weighted by atomic mass is 32.1. The first-order valence-corrected chi connectivity index (χ1v) is 7.98. The number of thiazole rings is 1. The molecule has 0 fully saturated rings. The van der Waals surface area contributed by atoms with Crippen LogP contribution in [0.4, 0.5) is 0 Å². The second kappa shape index (κ2) is 8.05. The zero-order chi connectivity index (χ0) is 17.6. The van der Waals surface area contributed by atoms with Crippen LogP contribution in [0.2, 0.25) is 0 Å². The molecule has 128 valence electrons. The number of ether oxygens (including phenoxy) is 2. The number of methoxy groups -OCH3 is 1. The van der Waals surface area contributed by atoms with Gasteiger partial charge in [0.1, 0.15) is 11.6 Å². The van der Waals surface area contributed by atoms with E-state index in [4.69, 9.17) is 4.74 Å². The molecule has 1 unspecified atom stereocenters. The fourth-order valence-electron chi connectivity index (χ4n) is 1.78. The maximum Gasteiger partial charge on any atom is 0.328 e. The molecule has 0 bridgehead atoms. The maximum absolute atomic E-state index is 12.0. The number of aryl methyl sites for hydroxylation is 1. The molecule has 1 aromatic heterocycles. The van der Waals surface area contributed by atoms with E-state index in [2.05, 4.69) is 15.0 Å². The average molecular weight is 342 g/mol. The lowest BCUT2D eigenvalue weighted by Crippen LogP contribution is -2.44. The third kappa shape index (κ3) is 7.23. The number of hydrogen-bond acceptors (Lipinski definition) is 7. The van der Waals surface area contributed by atoms with E-state index in [0.29, 0.717) is 5.69 Å². The minimum absolute atomic E-state index is 0.0339. The Morgan fingerprint density at radius 3 is 2.48 bits per heavy atom. The van der Waals surface area contributed by atoms with Crippen molar-refractivity contribution in [1.29, 1.82) is 0 Å². The summed E-state index contributed by atoms with van der Waals surface area (Å²) in [6, 6.07) is -1.08. The third-order valence-electron chi connectivity index (χ3n) is 2.62. The van der Waals surface area contributed by atoms with Gasteiger partial charge in [0.05, 0.1) is 30.7 Å². The molecule has 0 aliphatic carbocycles. The van der Waals surface area contributed by atoms with Crippen LogP contribution in [-0.2, 0) is 30.3 Å². The molecule has 1 N–H and O–H groups in total. The van der Waals surface area contributed by atoms with Crippen molar-refractivity contribution in [2.24, 2.45) is 0 Å². The number of carbonyl (C=O) groups excluding carboxylic acids is 3. The summed E-state index contributed by atoms with van der Waals surface area (Å²) in [5.74, 6) is -1.69. The van der Waals surface area contributed by atoms with Crippen LogP contribution >= 0.6 is 11.3 Å². The Morgan fingerprint density at radius 2 is 2.00 bits per heavy atom. The number of nitrogens with one attached hydrogen (secondary N) is 1.